The maximum Gasteiger partial charge on any atom is 0.128 e. The van der Waals surface area contributed by atoms with E-state index in [0.29, 0.717) is 0 Å². The zero-order chi connectivity index (χ0) is 20.1. The fourth-order valence-electron chi connectivity index (χ4n) is 3.70. The zero-order valence-corrected chi connectivity index (χ0v) is 17.5. The average molecular weight is 403 g/mol. The number of benzene rings is 3. The number of aromatic amines is 1. The van der Waals surface area contributed by atoms with Crippen molar-refractivity contribution < 1.29 is 4.74 Å². The topological polar surface area (TPSA) is 51.0 Å². The standard InChI is InChI=1S/C25H26N2OS/c1-29-24-13-6-5-12-21(24)25-20(11-7-8-16-26)22-17-19(14-15-23(22)27-25)28-18-9-3-2-4-10-18/h2-6,9-10,12-15,17,27H,7-8,11,16,26H2,1H3. The Morgan fingerprint density at radius 2 is 1.69 bits per heavy atom. The second kappa shape index (κ2) is 9.21. The van der Waals surface area contributed by atoms with Crippen LogP contribution >= 0.6 is 11.8 Å². The highest BCUT2D eigenvalue weighted by Gasteiger charge is 2.16. The Labute approximate surface area is 176 Å². The molecule has 3 N–H and O–H groups in total. The highest BCUT2D eigenvalue weighted by Crippen LogP contribution is 2.38. The van der Waals surface area contributed by atoms with Crippen molar-refractivity contribution in [2.75, 3.05) is 12.8 Å². The number of unbranched alkanes of at least 4 members (excludes halogenated alkanes) is 1. The lowest BCUT2D eigenvalue weighted by atomic mass is 10.00. The van der Waals surface area contributed by atoms with E-state index in [1.54, 1.807) is 11.8 Å². The summed E-state index contributed by atoms with van der Waals surface area (Å²) in [5, 5.41) is 1.22. The van der Waals surface area contributed by atoms with Gasteiger partial charge in [-0.3, -0.25) is 0 Å². The van der Waals surface area contributed by atoms with Crippen LogP contribution in [0.5, 0.6) is 11.5 Å². The van der Waals surface area contributed by atoms with Crippen LogP contribution in [0.4, 0.5) is 0 Å². The van der Waals surface area contributed by atoms with Crippen molar-refractivity contribution in [2.45, 2.75) is 24.2 Å². The van der Waals surface area contributed by atoms with Crippen molar-refractivity contribution >= 4 is 22.7 Å². The number of fused-ring (bicyclic) bond motifs is 1. The summed E-state index contributed by atoms with van der Waals surface area (Å²) in [4.78, 5) is 4.95. The number of hydrogen-bond donors (Lipinski definition) is 2. The lowest BCUT2D eigenvalue weighted by molar-refractivity contribution is 0.483. The normalized spacial score (nSPS) is 11.1. The molecule has 3 nitrogen and oxygen atoms in total. The maximum atomic E-state index is 6.09. The zero-order valence-electron chi connectivity index (χ0n) is 16.7. The predicted octanol–water partition coefficient (Wildman–Crippen LogP) is 6.63. The molecule has 0 aliphatic heterocycles. The van der Waals surface area contributed by atoms with Gasteiger partial charge in [0.1, 0.15) is 11.5 Å². The minimum Gasteiger partial charge on any atom is -0.457 e. The molecule has 1 aromatic heterocycles. The van der Waals surface area contributed by atoms with Gasteiger partial charge in [0.15, 0.2) is 0 Å². The third kappa shape index (κ3) is 4.34. The van der Waals surface area contributed by atoms with Crippen molar-refractivity contribution in [2.24, 2.45) is 5.73 Å². The van der Waals surface area contributed by atoms with Gasteiger partial charge >= 0.3 is 0 Å². The van der Waals surface area contributed by atoms with Crippen LogP contribution in [0.25, 0.3) is 22.2 Å². The molecule has 0 saturated heterocycles. The lowest BCUT2D eigenvalue weighted by Gasteiger charge is -2.09. The van der Waals surface area contributed by atoms with Gasteiger partial charge in [-0.2, -0.15) is 0 Å². The molecule has 29 heavy (non-hydrogen) atoms. The molecule has 0 fully saturated rings. The molecule has 3 aromatic carbocycles. The molecule has 0 unspecified atom stereocenters. The molecule has 0 radical (unpaired) electrons. The van der Waals surface area contributed by atoms with Crippen LogP contribution in [-0.4, -0.2) is 17.8 Å². The third-order valence-electron chi connectivity index (χ3n) is 5.11. The van der Waals surface area contributed by atoms with E-state index >= 15 is 0 Å². The molecule has 4 heteroatoms. The summed E-state index contributed by atoms with van der Waals surface area (Å²) in [7, 11) is 0. The summed E-state index contributed by atoms with van der Waals surface area (Å²) in [6.07, 6.45) is 5.21. The highest BCUT2D eigenvalue weighted by atomic mass is 32.2. The number of para-hydroxylation sites is 1. The second-order valence-corrected chi connectivity index (χ2v) is 7.90. The van der Waals surface area contributed by atoms with Gasteiger partial charge in [0, 0.05) is 21.4 Å². The van der Waals surface area contributed by atoms with E-state index in [0.717, 1.165) is 42.8 Å². The fraction of sp³-hybridized carbons (Fsp3) is 0.200. The molecule has 1 heterocycles. The van der Waals surface area contributed by atoms with Crippen molar-refractivity contribution in [1.29, 1.82) is 0 Å². The molecule has 0 saturated carbocycles. The van der Waals surface area contributed by atoms with Crippen LogP contribution in [-0.2, 0) is 6.42 Å². The van der Waals surface area contributed by atoms with Gasteiger partial charge in [0.25, 0.3) is 0 Å². The van der Waals surface area contributed by atoms with E-state index in [1.807, 2.05) is 36.4 Å². The summed E-state index contributed by atoms with van der Waals surface area (Å²) in [5.74, 6) is 1.70. The van der Waals surface area contributed by atoms with E-state index < -0.39 is 0 Å². The first-order valence-corrected chi connectivity index (χ1v) is 11.2. The van der Waals surface area contributed by atoms with Crippen molar-refractivity contribution in [1.82, 2.24) is 4.98 Å². The van der Waals surface area contributed by atoms with Gasteiger partial charge in [-0.05, 0) is 74.0 Å². The van der Waals surface area contributed by atoms with E-state index in [2.05, 4.69) is 47.6 Å². The quantitative estimate of drug-likeness (QED) is 0.257. The smallest absolute Gasteiger partial charge is 0.128 e. The Hall–Kier alpha value is -2.69. The van der Waals surface area contributed by atoms with Crippen molar-refractivity contribution in [3.8, 4) is 22.8 Å². The first-order chi connectivity index (χ1) is 14.3. The molecule has 4 rings (SSSR count). The largest absolute Gasteiger partial charge is 0.457 e. The van der Waals surface area contributed by atoms with Crippen LogP contribution < -0.4 is 10.5 Å². The van der Waals surface area contributed by atoms with E-state index in [-0.39, 0.29) is 0 Å². The number of thioether (sulfide) groups is 1. The molecule has 0 aliphatic carbocycles. The van der Waals surface area contributed by atoms with E-state index in [9.17, 15) is 0 Å². The van der Waals surface area contributed by atoms with Gasteiger partial charge in [-0.1, -0.05) is 36.4 Å². The van der Waals surface area contributed by atoms with Gasteiger partial charge in [0.2, 0.25) is 0 Å². The first-order valence-electron chi connectivity index (χ1n) is 10.0. The van der Waals surface area contributed by atoms with Gasteiger partial charge < -0.3 is 15.5 Å². The Kier molecular flexibility index (Phi) is 6.23. The number of H-pyrrole nitrogens is 1. The molecule has 0 aliphatic rings. The monoisotopic (exact) mass is 402 g/mol. The SMILES string of the molecule is CSc1ccccc1-c1[nH]c2ccc(Oc3ccccc3)cc2c1CCCCN. The summed E-state index contributed by atoms with van der Waals surface area (Å²) < 4.78 is 6.09. The summed E-state index contributed by atoms with van der Waals surface area (Å²) in [5.41, 5.74) is 10.7. The molecule has 0 spiro atoms. The Morgan fingerprint density at radius 1 is 0.897 bits per heavy atom. The minimum absolute atomic E-state index is 0.724. The Bertz CT molecular complexity index is 1090. The number of ether oxygens (including phenoxy) is 1. The third-order valence-corrected chi connectivity index (χ3v) is 5.91. The number of nitrogens with one attached hydrogen (secondary N) is 1. The van der Waals surface area contributed by atoms with Crippen molar-refractivity contribution in [3.05, 3.63) is 78.4 Å². The number of nitrogens with two attached hydrogens (primary N) is 1. The summed E-state index contributed by atoms with van der Waals surface area (Å²) >= 11 is 1.78. The molecule has 0 amide bonds. The molecule has 0 bridgehead atoms. The second-order valence-electron chi connectivity index (χ2n) is 7.05. The fourth-order valence-corrected chi connectivity index (χ4v) is 4.31. The number of hydrogen-bond acceptors (Lipinski definition) is 3. The Morgan fingerprint density at radius 3 is 2.48 bits per heavy atom. The van der Waals surface area contributed by atoms with Crippen LogP contribution in [0.1, 0.15) is 18.4 Å². The minimum atomic E-state index is 0.724. The average Bonchev–Trinajstić information content (AvgIpc) is 3.12. The summed E-state index contributed by atoms with van der Waals surface area (Å²) in [6.45, 7) is 0.724. The lowest BCUT2D eigenvalue weighted by Crippen LogP contribution is -1.99. The number of rotatable bonds is 8. The van der Waals surface area contributed by atoms with Gasteiger partial charge in [-0.25, -0.2) is 0 Å². The summed E-state index contributed by atoms with van der Waals surface area (Å²) in [6, 6.07) is 24.8. The molecular formula is C25H26N2OS. The van der Waals surface area contributed by atoms with Crippen molar-refractivity contribution in [3.63, 3.8) is 0 Å². The number of aromatic nitrogens is 1. The maximum absolute atomic E-state index is 6.09. The van der Waals surface area contributed by atoms with E-state index in [4.69, 9.17) is 10.5 Å². The van der Waals surface area contributed by atoms with Crippen LogP contribution in [0.2, 0.25) is 0 Å². The van der Waals surface area contributed by atoms with E-state index in [1.165, 1.54) is 27.1 Å². The molecular weight excluding hydrogens is 376 g/mol. The Balaban J connectivity index is 1.79. The van der Waals surface area contributed by atoms with Crippen LogP contribution in [0.15, 0.2) is 77.7 Å². The first kappa shape index (κ1) is 19.6. The van der Waals surface area contributed by atoms with Gasteiger partial charge in [-0.15, -0.1) is 11.8 Å². The van der Waals surface area contributed by atoms with Crippen LogP contribution in [0, 0.1) is 0 Å². The molecule has 148 valence electrons. The predicted molar refractivity (Wildman–Crippen MR) is 124 cm³/mol. The van der Waals surface area contributed by atoms with Gasteiger partial charge in [0.05, 0.1) is 5.69 Å². The number of aryl methyl sites for hydroxylation is 1. The molecule has 4 aromatic rings. The van der Waals surface area contributed by atoms with Crippen LogP contribution in [0.3, 0.4) is 0 Å². The highest BCUT2D eigenvalue weighted by molar-refractivity contribution is 7.98. The molecule has 0 atom stereocenters.